The molecule has 2 rings (SSSR count). The molecule has 1 aromatic carbocycles. The van der Waals surface area contributed by atoms with Crippen molar-refractivity contribution >= 4 is 24.1 Å². The molecule has 0 radical (unpaired) electrons. The van der Waals surface area contributed by atoms with Gasteiger partial charge in [0, 0.05) is 13.0 Å². The standard InChI is InChI=1S/C16H17FN2O5/c17-7-14(21)12(6-15(22)23)18-16(24)13-5-10-3-1-2-4-11(10)8-19(13)9-20/h1-4,9,12-13H,5-8H2,(H,18,24)(H,22,23)/t12?,13-/m0/s1. The van der Waals surface area contributed by atoms with Crippen molar-refractivity contribution < 1.29 is 28.7 Å². The molecule has 1 aliphatic heterocycles. The van der Waals surface area contributed by atoms with Crippen molar-refractivity contribution in [3.8, 4) is 0 Å². The fourth-order valence-corrected chi connectivity index (χ4v) is 2.68. The number of fused-ring (bicyclic) bond motifs is 1. The van der Waals surface area contributed by atoms with Crippen LogP contribution in [0.2, 0.25) is 0 Å². The largest absolute Gasteiger partial charge is 0.481 e. The molecular formula is C16H17FN2O5. The number of hydrogen-bond acceptors (Lipinski definition) is 4. The van der Waals surface area contributed by atoms with E-state index in [4.69, 9.17) is 5.11 Å². The average molecular weight is 336 g/mol. The first-order valence-corrected chi connectivity index (χ1v) is 7.35. The number of benzene rings is 1. The number of alkyl halides is 1. The summed E-state index contributed by atoms with van der Waals surface area (Å²) < 4.78 is 12.6. The van der Waals surface area contributed by atoms with Crippen LogP contribution in [0.3, 0.4) is 0 Å². The number of Topliss-reactive ketones (excluding diaryl/α,β-unsaturated/α-hetero) is 1. The van der Waals surface area contributed by atoms with Gasteiger partial charge in [-0.1, -0.05) is 24.3 Å². The molecule has 1 heterocycles. The van der Waals surface area contributed by atoms with Crippen molar-refractivity contribution in [3.63, 3.8) is 0 Å². The second kappa shape index (κ2) is 7.67. The number of aliphatic carboxylic acids is 1. The van der Waals surface area contributed by atoms with Crippen LogP contribution in [0.25, 0.3) is 0 Å². The summed E-state index contributed by atoms with van der Waals surface area (Å²) >= 11 is 0. The molecule has 1 aliphatic rings. The number of carboxylic acids is 1. The van der Waals surface area contributed by atoms with Crippen LogP contribution in [0.5, 0.6) is 0 Å². The maximum absolute atomic E-state index is 12.6. The number of amides is 2. The summed E-state index contributed by atoms with van der Waals surface area (Å²) in [4.78, 5) is 47.2. The maximum Gasteiger partial charge on any atom is 0.305 e. The highest BCUT2D eigenvalue weighted by molar-refractivity contribution is 5.94. The predicted octanol–water partition coefficient (Wildman–Crippen LogP) is 0.0678. The van der Waals surface area contributed by atoms with E-state index in [0.29, 0.717) is 6.41 Å². The lowest BCUT2D eigenvalue weighted by atomic mass is 9.93. The molecule has 8 heteroatoms. The molecule has 0 aliphatic carbocycles. The summed E-state index contributed by atoms with van der Waals surface area (Å²) in [5.41, 5.74) is 1.80. The van der Waals surface area contributed by atoms with Gasteiger partial charge in [-0.2, -0.15) is 0 Å². The van der Waals surface area contributed by atoms with Gasteiger partial charge in [0.25, 0.3) is 0 Å². The van der Waals surface area contributed by atoms with Gasteiger partial charge in [-0.15, -0.1) is 0 Å². The third kappa shape index (κ3) is 3.95. The molecule has 0 bridgehead atoms. The Balaban J connectivity index is 2.16. The summed E-state index contributed by atoms with van der Waals surface area (Å²) in [6.45, 7) is -1.14. The van der Waals surface area contributed by atoms with Crippen LogP contribution in [-0.4, -0.2) is 52.8 Å². The fraction of sp³-hybridized carbons (Fsp3) is 0.375. The molecule has 2 atom stereocenters. The fourth-order valence-electron chi connectivity index (χ4n) is 2.68. The molecule has 128 valence electrons. The monoisotopic (exact) mass is 336 g/mol. The molecule has 1 unspecified atom stereocenters. The van der Waals surface area contributed by atoms with Gasteiger partial charge in [-0.05, 0) is 11.1 Å². The number of carbonyl (C=O) groups is 4. The van der Waals surface area contributed by atoms with Crippen LogP contribution < -0.4 is 5.32 Å². The highest BCUT2D eigenvalue weighted by atomic mass is 19.1. The summed E-state index contributed by atoms with van der Waals surface area (Å²) in [6.07, 6.45) is 0.0621. The lowest BCUT2D eigenvalue weighted by molar-refractivity contribution is -0.141. The molecule has 24 heavy (non-hydrogen) atoms. The first kappa shape index (κ1) is 17.6. The quantitative estimate of drug-likeness (QED) is 0.686. The van der Waals surface area contributed by atoms with E-state index in [-0.39, 0.29) is 13.0 Å². The van der Waals surface area contributed by atoms with Crippen molar-refractivity contribution in [3.05, 3.63) is 35.4 Å². The molecule has 2 N–H and O–H groups in total. The third-order valence-corrected chi connectivity index (χ3v) is 3.94. The zero-order valence-corrected chi connectivity index (χ0v) is 12.8. The first-order valence-electron chi connectivity index (χ1n) is 7.35. The Kier molecular flexibility index (Phi) is 5.62. The summed E-state index contributed by atoms with van der Waals surface area (Å²) in [6, 6.07) is 4.99. The lowest BCUT2D eigenvalue weighted by Gasteiger charge is -2.33. The van der Waals surface area contributed by atoms with E-state index >= 15 is 0 Å². The van der Waals surface area contributed by atoms with Crippen LogP contribution in [0.15, 0.2) is 24.3 Å². The van der Waals surface area contributed by atoms with Crippen molar-refractivity contribution in [1.29, 1.82) is 0 Å². The van der Waals surface area contributed by atoms with Gasteiger partial charge in [0.15, 0.2) is 5.78 Å². The molecule has 7 nitrogen and oxygen atoms in total. The minimum absolute atomic E-state index is 0.235. The normalized spacial score (nSPS) is 17.5. The molecule has 1 aromatic rings. The number of nitrogens with zero attached hydrogens (tertiary/aromatic N) is 1. The van der Waals surface area contributed by atoms with E-state index in [1.54, 1.807) is 0 Å². The van der Waals surface area contributed by atoms with Crippen molar-refractivity contribution in [2.24, 2.45) is 0 Å². The Morgan fingerprint density at radius 3 is 2.58 bits per heavy atom. The number of hydrogen-bond donors (Lipinski definition) is 2. The Labute approximate surface area is 137 Å². The third-order valence-electron chi connectivity index (χ3n) is 3.94. The zero-order valence-electron chi connectivity index (χ0n) is 12.8. The zero-order chi connectivity index (χ0) is 17.7. The van der Waals surface area contributed by atoms with Crippen LogP contribution >= 0.6 is 0 Å². The second-order valence-corrected chi connectivity index (χ2v) is 5.53. The van der Waals surface area contributed by atoms with Crippen molar-refractivity contribution in [2.75, 3.05) is 6.67 Å². The predicted molar refractivity (Wildman–Crippen MR) is 80.7 cm³/mol. The number of carboxylic acid groups (broad SMARTS) is 1. The Hall–Kier alpha value is -2.77. The van der Waals surface area contributed by atoms with Gasteiger partial charge >= 0.3 is 5.97 Å². The van der Waals surface area contributed by atoms with Crippen LogP contribution in [0.1, 0.15) is 17.5 Å². The minimum Gasteiger partial charge on any atom is -0.481 e. The molecule has 0 spiro atoms. The van der Waals surface area contributed by atoms with Crippen molar-refractivity contribution in [1.82, 2.24) is 10.2 Å². The highest BCUT2D eigenvalue weighted by Gasteiger charge is 2.33. The van der Waals surface area contributed by atoms with E-state index in [9.17, 15) is 23.6 Å². The lowest BCUT2D eigenvalue weighted by Crippen LogP contribution is -2.54. The highest BCUT2D eigenvalue weighted by Crippen LogP contribution is 2.22. The minimum atomic E-state index is -1.45. The van der Waals surface area contributed by atoms with Crippen LogP contribution in [-0.2, 0) is 32.1 Å². The number of ketones is 1. The summed E-state index contributed by atoms with van der Waals surface area (Å²) in [7, 11) is 0. The molecule has 0 fully saturated rings. The average Bonchev–Trinajstić information content (AvgIpc) is 2.58. The number of carbonyl (C=O) groups excluding carboxylic acids is 3. The van der Waals surface area contributed by atoms with E-state index in [1.165, 1.54) is 4.90 Å². The Morgan fingerprint density at radius 2 is 2.00 bits per heavy atom. The van der Waals surface area contributed by atoms with E-state index in [2.05, 4.69) is 5.32 Å². The molecule has 2 amide bonds. The first-order chi connectivity index (χ1) is 11.5. The molecular weight excluding hydrogens is 319 g/mol. The number of nitrogens with one attached hydrogen (secondary N) is 1. The van der Waals surface area contributed by atoms with Crippen LogP contribution in [0, 0.1) is 0 Å². The SMILES string of the molecule is O=CN1Cc2ccccc2C[C@H]1C(=O)NC(CC(=O)O)C(=O)CF. The van der Waals surface area contributed by atoms with E-state index in [1.807, 2.05) is 24.3 Å². The summed E-state index contributed by atoms with van der Waals surface area (Å²) in [5.74, 6) is -3.02. The Morgan fingerprint density at radius 1 is 1.33 bits per heavy atom. The van der Waals surface area contributed by atoms with Gasteiger partial charge in [-0.3, -0.25) is 19.2 Å². The van der Waals surface area contributed by atoms with Gasteiger partial charge < -0.3 is 15.3 Å². The molecule has 0 saturated heterocycles. The van der Waals surface area contributed by atoms with Crippen LogP contribution in [0.4, 0.5) is 4.39 Å². The van der Waals surface area contributed by atoms with E-state index < -0.39 is 42.8 Å². The molecule has 0 saturated carbocycles. The van der Waals surface area contributed by atoms with Gasteiger partial charge in [0.05, 0.1) is 6.42 Å². The van der Waals surface area contributed by atoms with Crippen molar-refractivity contribution in [2.45, 2.75) is 31.5 Å². The maximum atomic E-state index is 12.6. The second-order valence-electron chi connectivity index (χ2n) is 5.53. The van der Waals surface area contributed by atoms with Gasteiger partial charge in [0.1, 0.15) is 18.8 Å². The summed E-state index contributed by atoms with van der Waals surface area (Å²) in [5, 5.41) is 11.0. The number of halogens is 1. The Bertz CT molecular complexity index is 664. The molecule has 0 aromatic heterocycles. The smallest absolute Gasteiger partial charge is 0.305 e. The van der Waals surface area contributed by atoms with Gasteiger partial charge in [0.2, 0.25) is 12.3 Å². The number of rotatable bonds is 7. The topological polar surface area (TPSA) is 104 Å². The van der Waals surface area contributed by atoms with E-state index in [0.717, 1.165) is 11.1 Å². The van der Waals surface area contributed by atoms with Gasteiger partial charge in [-0.25, -0.2) is 4.39 Å².